The summed E-state index contributed by atoms with van der Waals surface area (Å²) in [6.45, 7) is 6.51. The zero-order chi connectivity index (χ0) is 23.8. The number of carbonyl (C=O) groups excluding carboxylic acids is 2. The lowest BCUT2D eigenvalue weighted by Crippen LogP contribution is -2.53. The summed E-state index contributed by atoms with van der Waals surface area (Å²) < 4.78 is 0. The van der Waals surface area contributed by atoms with Crippen LogP contribution < -0.4 is 4.90 Å². The number of aliphatic hydroxyl groups is 1. The first kappa shape index (κ1) is 22.9. The number of carbonyl (C=O) groups is 2. The van der Waals surface area contributed by atoms with Crippen LogP contribution in [0.4, 0.5) is 5.69 Å². The van der Waals surface area contributed by atoms with E-state index in [1.165, 1.54) is 11.1 Å². The molecule has 2 aromatic carbocycles. The Balaban J connectivity index is 1.20. The van der Waals surface area contributed by atoms with Crippen LogP contribution in [0.1, 0.15) is 34.0 Å². The molecule has 0 saturated carbocycles. The van der Waals surface area contributed by atoms with Crippen LogP contribution >= 0.6 is 0 Å². The first-order chi connectivity index (χ1) is 16.4. The molecule has 0 aromatic heterocycles. The van der Waals surface area contributed by atoms with Crippen molar-refractivity contribution in [3.63, 3.8) is 0 Å². The highest BCUT2D eigenvalue weighted by atomic mass is 16.3. The third-order valence-electron chi connectivity index (χ3n) is 7.60. The smallest absolute Gasteiger partial charge is 0.254 e. The number of likely N-dealkylation sites (N-methyl/N-ethyl adjacent to an activating group) is 1. The number of amides is 2. The first-order valence-electron chi connectivity index (χ1n) is 12.3. The molecule has 180 valence electrons. The number of aliphatic hydroxyl groups excluding tert-OH is 1. The van der Waals surface area contributed by atoms with Gasteiger partial charge in [-0.25, -0.2) is 0 Å². The number of benzene rings is 2. The molecule has 34 heavy (non-hydrogen) atoms. The summed E-state index contributed by atoms with van der Waals surface area (Å²) in [5.74, 6) is 0.101. The summed E-state index contributed by atoms with van der Waals surface area (Å²) in [7, 11) is 1.85. The van der Waals surface area contributed by atoms with Crippen molar-refractivity contribution in [2.24, 2.45) is 0 Å². The Bertz CT molecular complexity index is 1090. The van der Waals surface area contributed by atoms with Gasteiger partial charge in [-0.15, -0.1) is 0 Å². The van der Waals surface area contributed by atoms with Gasteiger partial charge in [0.25, 0.3) is 5.91 Å². The van der Waals surface area contributed by atoms with Crippen molar-refractivity contribution < 1.29 is 14.7 Å². The third kappa shape index (κ3) is 4.55. The molecule has 7 heteroatoms. The van der Waals surface area contributed by atoms with E-state index in [1.54, 1.807) is 9.80 Å². The summed E-state index contributed by atoms with van der Waals surface area (Å²) in [5.41, 5.74) is 5.46. The monoisotopic (exact) mass is 462 g/mol. The Morgan fingerprint density at radius 3 is 2.53 bits per heavy atom. The van der Waals surface area contributed by atoms with Gasteiger partial charge >= 0.3 is 0 Å². The minimum atomic E-state index is -0.576. The van der Waals surface area contributed by atoms with E-state index in [9.17, 15) is 14.7 Å². The summed E-state index contributed by atoms with van der Waals surface area (Å²) in [4.78, 5) is 33.4. The van der Waals surface area contributed by atoms with Gasteiger partial charge in [-0.2, -0.15) is 0 Å². The maximum Gasteiger partial charge on any atom is 0.254 e. The Labute approximate surface area is 201 Å². The molecular weight excluding hydrogens is 428 g/mol. The van der Waals surface area contributed by atoms with E-state index in [0.29, 0.717) is 31.7 Å². The SMILES string of the molecule is CC1CN(c2ccc3c(c2)CCN(CC(O)CN2CCc4ccccc4C2)C3=O)CC(=O)N1C. The average molecular weight is 463 g/mol. The Hall–Kier alpha value is -2.90. The zero-order valence-corrected chi connectivity index (χ0v) is 20.1. The lowest BCUT2D eigenvalue weighted by Gasteiger charge is -2.39. The Morgan fingerprint density at radius 2 is 1.74 bits per heavy atom. The minimum Gasteiger partial charge on any atom is -0.390 e. The fourth-order valence-electron chi connectivity index (χ4n) is 5.44. The van der Waals surface area contributed by atoms with Gasteiger partial charge in [0.15, 0.2) is 0 Å². The van der Waals surface area contributed by atoms with Gasteiger partial charge in [-0.3, -0.25) is 14.5 Å². The lowest BCUT2D eigenvalue weighted by atomic mass is 9.97. The Morgan fingerprint density at radius 1 is 0.971 bits per heavy atom. The van der Waals surface area contributed by atoms with Crippen LogP contribution in [0.3, 0.4) is 0 Å². The number of nitrogens with zero attached hydrogens (tertiary/aromatic N) is 4. The van der Waals surface area contributed by atoms with E-state index in [2.05, 4.69) is 47.1 Å². The summed E-state index contributed by atoms with van der Waals surface area (Å²) in [5, 5.41) is 10.8. The fraction of sp³-hybridized carbons (Fsp3) is 0.481. The highest BCUT2D eigenvalue weighted by Crippen LogP contribution is 2.27. The van der Waals surface area contributed by atoms with Crippen LogP contribution in [-0.4, -0.2) is 90.1 Å². The second kappa shape index (κ2) is 9.39. The largest absolute Gasteiger partial charge is 0.390 e. The van der Waals surface area contributed by atoms with E-state index >= 15 is 0 Å². The molecule has 3 heterocycles. The highest BCUT2D eigenvalue weighted by molar-refractivity contribution is 5.97. The maximum atomic E-state index is 13.2. The van der Waals surface area contributed by atoms with Gasteiger partial charge in [-0.1, -0.05) is 24.3 Å². The topological polar surface area (TPSA) is 67.3 Å². The van der Waals surface area contributed by atoms with Crippen LogP contribution in [0.15, 0.2) is 42.5 Å². The molecule has 5 rings (SSSR count). The molecule has 3 aliphatic rings. The minimum absolute atomic E-state index is 0.0151. The van der Waals surface area contributed by atoms with Gasteiger partial charge in [0, 0.05) is 63.6 Å². The van der Waals surface area contributed by atoms with Crippen molar-refractivity contribution in [1.82, 2.24) is 14.7 Å². The van der Waals surface area contributed by atoms with Crippen molar-refractivity contribution in [2.75, 3.05) is 51.2 Å². The zero-order valence-electron chi connectivity index (χ0n) is 20.1. The van der Waals surface area contributed by atoms with Crippen LogP contribution in [0.5, 0.6) is 0 Å². The normalized spacial score (nSPS) is 22.0. The molecule has 3 aliphatic heterocycles. The molecule has 0 spiro atoms. The second-order valence-electron chi connectivity index (χ2n) is 9.98. The van der Waals surface area contributed by atoms with Gasteiger partial charge < -0.3 is 19.8 Å². The molecule has 1 fully saturated rings. The van der Waals surface area contributed by atoms with Crippen molar-refractivity contribution >= 4 is 17.5 Å². The molecule has 1 N–H and O–H groups in total. The van der Waals surface area contributed by atoms with Gasteiger partial charge in [-0.05, 0) is 54.7 Å². The van der Waals surface area contributed by atoms with Crippen molar-refractivity contribution in [1.29, 1.82) is 0 Å². The molecular formula is C27H34N4O3. The van der Waals surface area contributed by atoms with Crippen molar-refractivity contribution in [3.05, 3.63) is 64.7 Å². The second-order valence-corrected chi connectivity index (χ2v) is 9.98. The number of piperazine rings is 1. The van der Waals surface area contributed by atoms with Crippen LogP contribution in [-0.2, 0) is 24.2 Å². The molecule has 2 atom stereocenters. The molecule has 2 aromatic rings. The maximum absolute atomic E-state index is 13.2. The van der Waals surface area contributed by atoms with Gasteiger partial charge in [0.2, 0.25) is 5.91 Å². The molecule has 0 bridgehead atoms. The summed E-state index contributed by atoms with van der Waals surface area (Å²) in [6, 6.07) is 14.6. The predicted molar refractivity (Wildman–Crippen MR) is 132 cm³/mol. The molecule has 7 nitrogen and oxygen atoms in total. The van der Waals surface area contributed by atoms with E-state index in [4.69, 9.17) is 0 Å². The highest BCUT2D eigenvalue weighted by Gasteiger charge is 2.30. The standard InChI is InChI=1S/C27H34N4O3/c1-19-14-31(18-26(33)28(19)2)23-7-8-25-21(13-23)10-12-30(27(25)34)17-24(32)16-29-11-9-20-5-3-4-6-22(20)15-29/h3-8,13,19,24,32H,9-12,14-18H2,1-2H3. The first-order valence-corrected chi connectivity index (χ1v) is 12.3. The van der Waals surface area contributed by atoms with Crippen LogP contribution in [0.25, 0.3) is 0 Å². The third-order valence-corrected chi connectivity index (χ3v) is 7.60. The Kier molecular flexibility index (Phi) is 6.32. The molecule has 2 amide bonds. The van der Waals surface area contributed by atoms with E-state index in [0.717, 1.165) is 43.7 Å². The number of rotatable bonds is 5. The fourth-order valence-corrected chi connectivity index (χ4v) is 5.44. The quantitative estimate of drug-likeness (QED) is 0.734. The molecule has 2 unspecified atom stereocenters. The van der Waals surface area contributed by atoms with Gasteiger partial charge in [0.05, 0.1) is 12.6 Å². The van der Waals surface area contributed by atoms with Crippen molar-refractivity contribution in [3.8, 4) is 0 Å². The molecule has 0 aliphatic carbocycles. The van der Waals surface area contributed by atoms with Crippen LogP contribution in [0, 0.1) is 0 Å². The van der Waals surface area contributed by atoms with E-state index < -0.39 is 6.10 Å². The van der Waals surface area contributed by atoms with Gasteiger partial charge in [0.1, 0.15) is 0 Å². The number of hydrogen-bond donors (Lipinski definition) is 1. The van der Waals surface area contributed by atoms with E-state index in [-0.39, 0.29) is 17.9 Å². The summed E-state index contributed by atoms with van der Waals surface area (Å²) >= 11 is 0. The predicted octanol–water partition coefficient (Wildman–Crippen LogP) is 1.77. The number of anilines is 1. The summed E-state index contributed by atoms with van der Waals surface area (Å²) in [6.07, 6.45) is 1.18. The number of hydrogen-bond acceptors (Lipinski definition) is 5. The molecule has 0 radical (unpaired) electrons. The molecule has 1 saturated heterocycles. The van der Waals surface area contributed by atoms with Crippen molar-refractivity contribution in [2.45, 2.75) is 38.5 Å². The average Bonchev–Trinajstić information content (AvgIpc) is 2.83. The lowest BCUT2D eigenvalue weighted by molar-refractivity contribution is -0.131. The number of β-amino-alcohol motifs (C(OH)–C–C–N with tert-alkyl or cyclic N) is 1. The van der Waals surface area contributed by atoms with E-state index in [1.807, 2.05) is 19.2 Å². The van der Waals surface area contributed by atoms with Crippen LogP contribution in [0.2, 0.25) is 0 Å². The number of fused-ring (bicyclic) bond motifs is 2.